The number of amides is 1. The fourth-order valence-electron chi connectivity index (χ4n) is 3.91. The molecule has 1 aliphatic heterocycles. The summed E-state index contributed by atoms with van der Waals surface area (Å²) in [5.41, 5.74) is 1.11. The summed E-state index contributed by atoms with van der Waals surface area (Å²) in [6.45, 7) is 6.30. The molecule has 1 N–H and O–H groups in total. The molecular formula is C22H22F2N2O4S. The first kappa shape index (κ1) is 21.3. The number of carbonyl (C=O) groups is 1. The summed E-state index contributed by atoms with van der Waals surface area (Å²) in [6.07, 6.45) is 1.82. The van der Waals surface area contributed by atoms with Gasteiger partial charge in [-0.1, -0.05) is 0 Å². The molecule has 0 bridgehead atoms. The number of hydrogen-bond donors (Lipinski definition) is 1. The maximum Gasteiger partial charge on any atom is 0.289 e. The molecule has 3 aromatic rings. The number of nitrogens with one attached hydrogen (secondary N) is 1. The molecule has 0 saturated carbocycles. The number of sulfonamides is 1. The number of fused-ring (bicyclic) bond motifs is 1. The van der Waals surface area contributed by atoms with Crippen molar-refractivity contribution in [1.82, 2.24) is 4.90 Å². The van der Waals surface area contributed by atoms with Gasteiger partial charge in [-0.15, -0.1) is 0 Å². The molecule has 1 aliphatic rings. The highest BCUT2D eigenvalue weighted by molar-refractivity contribution is 7.93. The van der Waals surface area contributed by atoms with Gasteiger partial charge in [0.15, 0.2) is 11.3 Å². The van der Waals surface area contributed by atoms with Gasteiger partial charge in [0.1, 0.15) is 16.5 Å². The van der Waals surface area contributed by atoms with E-state index in [-0.39, 0.29) is 22.1 Å². The van der Waals surface area contributed by atoms with Crippen molar-refractivity contribution in [3.05, 3.63) is 58.4 Å². The number of furan rings is 1. The van der Waals surface area contributed by atoms with Crippen LogP contribution < -0.4 is 4.72 Å². The van der Waals surface area contributed by atoms with Crippen LogP contribution in [-0.2, 0) is 10.0 Å². The number of hydrogen-bond acceptors (Lipinski definition) is 4. The average Bonchev–Trinajstić information content (AvgIpc) is 3.34. The average molecular weight is 448 g/mol. The molecule has 2 aromatic carbocycles. The maximum atomic E-state index is 14.1. The molecule has 164 valence electrons. The van der Waals surface area contributed by atoms with Crippen LogP contribution in [0.3, 0.4) is 0 Å². The van der Waals surface area contributed by atoms with Gasteiger partial charge < -0.3 is 9.32 Å². The van der Waals surface area contributed by atoms with E-state index < -0.39 is 27.3 Å². The maximum absolute atomic E-state index is 14.1. The van der Waals surface area contributed by atoms with Crippen molar-refractivity contribution in [1.29, 1.82) is 0 Å². The summed E-state index contributed by atoms with van der Waals surface area (Å²) in [4.78, 5) is 14.4. The highest BCUT2D eigenvalue weighted by Gasteiger charge is 2.31. The van der Waals surface area contributed by atoms with Crippen molar-refractivity contribution >= 4 is 32.6 Å². The minimum Gasteiger partial charge on any atom is -0.449 e. The van der Waals surface area contributed by atoms with Crippen molar-refractivity contribution in [2.24, 2.45) is 0 Å². The molecule has 0 spiro atoms. The second kappa shape index (κ2) is 7.64. The Morgan fingerprint density at radius 2 is 1.74 bits per heavy atom. The van der Waals surface area contributed by atoms with E-state index in [4.69, 9.17) is 4.42 Å². The number of benzene rings is 2. The Morgan fingerprint density at radius 3 is 2.42 bits per heavy atom. The van der Waals surface area contributed by atoms with Crippen LogP contribution in [0.5, 0.6) is 0 Å². The van der Waals surface area contributed by atoms with E-state index in [1.54, 1.807) is 31.7 Å². The van der Waals surface area contributed by atoms with E-state index in [1.165, 1.54) is 0 Å². The van der Waals surface area contributed by atoms with Gasteiger partial charge in [-0.3, -0.25) is 9.52 Å². The molecule has 1 amide bonds. The van der Waals surface area contributed by atoms with Crippen molar-refractivity contribution in [3.63, 3.8) is 0 Å². The number of nitrogens with zero attached hydrogens (tertiary/aromatic N) is 1. The van der Waals surface area contributed by atoms with Crippen LogP contribution in [0.25, 0.3) is 11.0 Å². The van der Waals surface area contributed by atoms with E-state index in [9.17, 15) is 22.0 Å². The van der Waals surface area contributed by atoms with E-state index in [1.807, 2.05) is 0 Å². The molecule has 1 fully saturated rings. The predicted octanol–water partition coefficient (Wildman–Crippen LogP) is 4.67. The van der Waals surface area contributed by atoms with Crippen LogP contribution in [-0.4, -0.2) is 32.3 Å². The summed E-state index contributed by atoms with van der Waals surface area (Å²) in [7, 11) is -4.36. The zero-order valence-electron chi connectivity index (χ0n) is 17.4. The van der Waals surface area contributed by atoms with E-state index in [2.05, 4.69) is 4.72 Å². The number of aryl methyl sites for hydroxylation is 2. The number of halogens is 2. The van der Waals surface area contributed by atoms with Gasteiger partial charge in [0.25, 0.3) is 15.9 Å². The van der Waals surface area contributed by atoms with Crippen molar-refractivity contribution < 1.29 is 26.4 Å². The summed E-state index contributed by atoms with van der Waals surface area (Å²) in [5, 5.41) is 0.491. The van der Waals surface area contributed by atoms with Crippen LogP contribution >= 0.6 is 0 Å². The first-order valence-electron chi connectivity index (χ1n) is 9.90. The van der Waals surface area contributed by atoms with Gasteiger partial charge in [-0.2, -0.15) is 0 Å². The first-order chi connectivity index (χ1) is 14.6. The second-order valence-corrected chi connectivity index (χ2v) is 9.43. The molecule has 2 heterocycles. The molecule has 0 unspecified atom stereocenters. The quantitative estimate of drug-likeness (QED) is 0.629. The zero-order chi connectivity index (χ0) is 22.5. The molecule has 0 atom stereocenters. The van der Waals surface area contributed by atoms with E-state index in [0.29, 0.717) is 35.2 Å². The van der Waals surface area contributed by atoms with Crippen molar-refractivity contribution in [2.75, 3.05) is 17.8 Å². The van der Waals surface area contributed by atoms with Crippen LogP contribution in [0.15, 0.2) is 33.6 Å². The fraction of sp³-hybridized carbons (Fsp3) is 0.318. The third-order valence-corrected chi connectivity index (χ3v) is 7.24. The Balaban J connectivity index is 1.88. The predicted molar refractivity (Wildman–Crippen MR) is 113 cm³/mol. The summed E-state index contributed by atoms with van der Waals surface area (Å²) in [5.74, 6) is -1.88. The lowest BCUT2D eigenvalue weighted by Gasteiger charge is -2.14. The van der Waals surface area contributed by atoms with Crippen molar-refractivity contribution in [2.45, 2.75) is 38.5 Å². The summed E-state index contributed by atoms with van der Waals surface area (Å²) >= 11 is 0. The third kappa shape index (κ3) is 3.67. The SMILES string of the molecule is Cc1cc2c(C)c(C(=O)N3CCCC3)oc2c(S(=O)(=O)Nc2cc(F)ccc2F)c1C. The molecule has 1 saturated heterocycles. The highest BCUT2D eigenvalue weighted by Crippen LogP contribution is 2.36. The standard InChI is InChI=1S/C22H22F2N2O4S/c1-12-10-16-14(3)19(22(27)26-8-4-5-9-26)30-20(16)21(13(12)2)31(28,29)25-18-11-15(23)6-7-17(18)24/h6-7,10-11,25H,4-5,8-9H2,1-3H3. The zero-order valence-corrected chi connectivity index (χ0v) is 18.2. The molecule has 1 aromatic heterocycles. The second-order valence-electron chi connectivity index (χ2n) is 7.81. The van der Waals surface area contributed by atoms with Crippen LogP contribution in [0.1, 0.15) is 40.1 Å². The number of anilines is 1. The Morgan fingerprint density at radius 1 is 1.06 bits per heavy atom. The number of carbonyl (C=O) groups excluding carboxylic acids is 1. The summed E-state index contributed by atoms with van der Waals surface area (Å²) < 4.78 is 62.1. The van der Waals surface area contributed by atoms with Crippen LogP contribution in [0.4, 0.5) is 14.5 Å². The number of rotatable bonds is 4. The van der Waals surface area contributed by atoms with Crippen LogP contribution in [0.2, 0.25) is 0 Å². The molecule has 0 radical (unpaired) electrons. The molecule has 0 aliphatic carbocycles. The minimum atomic E-state index is -4.36. The number of likely N-dealkylation sites (tertiary alicyclic amines) is 1. The van der Waals surface area contributed by atoms with Gasteiger partial charge in [-0.05, 0) is 62.9 Å². The normalized spacial score (nSPS) is 14.4. The molecule has 31 heavy (non-hydrogen) atoms. The third-order valence-electron chi connectivity index (χ3n) is 5.72. The lowest BCUT2D eigenvalue weighted by Crippen LogP contribution is -2.27. The molecule has 9 heteroatoms. The Labute approximate surface area is 178 Å². The lowest BCUT2D eigenvalue weighted by atomic mass is 10.0. The Bertz CT molecular complexity index is 1310. The van der Waals surface area contributed by atoms with Gasteiger partial charge in [0.2, 0.25) is 0 Å². The fourth-order valence-corrected chi connectivity index (χ4v) is 5.41. The van der Waals surface area contributed by atoms with Gasteiger partial charge in [0, 0.05) is 30.1 Å². The largest absolute Gasteiger partial charge is 0.449 e. The topological polar surface area (TPSA) is 79.6 Å². The van der Waals surface area contributed by atoms with E-state index in [0.717, 1.165) is 31.0 Å². The van der Waals surface area contributed by atoms with Gasteiger partial charge in [0.05, 0.1) is 5.69 Å². The Hall–Kier alpha value is -2.94. The Kier molecular flexibility index (Phi) is 5.25. The monoisotopic (exact) mass is 448 g/mol. The van der Waals surface area contributed by atoms with E-state index >= 15 is 0 Å². The first-order valence-corrected chi connectivity index (χ1v) is 11.4. The van der Waals surface area contributed by atoms with Crippen LogP contribution in [0, 0.1) is 32.4 Å². The molecular weight excluding hydrogens is 426 g/mol. The smallest absolute Gasteiger partial charge is 0.289 e. The highest BCUT2D eigenvalue weighted by atomic mass is 32.2. The van der Waals surface area contributed by atoms with Crippen molar-refractivity contribution in [3.8, 4) is 0 Å². The lowest BCUT2D eigenvalue weighted by molar-refractivity contribution is 0.0762. The molecule has 4 rings (SSSR count). The summed E-state index contributed by atoms with van der Waals surface area (Å²) in [6, 6.07) is 4.28. The minimum absolute atomic E-state index is 0.0208. The molecule has 6 nitrogen and oxygen atoms in total. The van der Waals surface area contributed by atoms with Gasteiger partial charge in [-0.25, -0.2) is 17.2 Å². The van der Waals surface area contributed by atoms with Gasteiger partial charge >= 0.3 is 0 Å².